The Balaban J connectivity index is 1.89. The van der Waals surface area contributed by atoms with Crippen molar-refractivity contribution in [3.8, 4) is 17.2 Å². The van der Waals surface area contributed by atoms with Gasteiger partial charge in [-0.25, -0.2) is 47.0 Å². The maximum atomic E-state index is 13.1. The Bertz CT molecular complexity index is 1550. The van der Waals surface area contributed by atoms with Gasteiger partial charge in [-0.3, -0.25) is 0 Å². The third-order valence-electron chi connectivity index (χ3n) is 6.39. The standard InChI is InChI=1S/C20H22N6O7/c1-21-17(28)23-6-5-11-12(25(23)19(21)30)9-24-18(29)22(2)20(31)26(24)16(11)15-13(32-3)7-10(27)8-14(15)33-4/h5,7-8,12,16,27H,6,9H2,1-4H3/t12-,16-/m1/s1. The fourth-order valence-corrected chi connectivity index (χ4v) is 4.83. The van der Waals surface area contributed by atoms with Gasteiger partial charge in [0, 0.05) is 26.2 Å². The third kappa shape index (κ3) is 2.58. The van der Waals surface area contributed by atoms with Crippen molar-refractivity contribution in [1.82, 2.24) is 27.9 Å². The van der Waals surface area contributed by atoms with Crippen LogP contribution in [0.25, 0.3) is 0 Å². The molecule has 0 fully saturated rings. The second kappa shape index (κ2) is 6.92. The van der Waals surface area contributed by atoms with Gasteiger partial charge >= 0.3 is 22.8 Å². The van der Waals surface area contributed by atoms with Crippen LogP contribution in [0.15, 0.2) is 43.0 Å². The molecule has 0 aliphatic carbocycles. The van der Waals surface area contributed by atoms with E-state index in [1.165, 1.54) is 59.2 Å². The monoisotopic (exact) mass is 458 g/mol. The molecular formula is C20H22N6O7. The molecule has 13 heteroatoms. The van der Waals surface area contributed by atoms with Crippen LogP contribution in [0.1, 0.15) is 17.6 Å². The van der Waals surface area contributed by atoms with Gasteiger partial charge in [0.1, 0.15) is 23.3 Å². The maximum Gasteiger partial charge on any atom is 0.347 e. The highest BCUT2D eigenvalue weighted by atomic mass is 16.5. The molecule has 0 amide bonds. The Hall–Kier alpha value is -4.16. The molecule has 0 saturated heterocycles. The fourth-order valence-electron chi connectivity index (χ4n) is 4.83. The first-order valence-electron chi connectivity index (χ1n) is 10.1. The lowest BCUT2D eigenvalue weighted by Gasteiger charge is -2.38. The van der Waals surface area contributed by atoms with E-state index in [0.717, 1.165) is 9.13 Å². The molecular weight excluding hydrogens is 436 g/mol. The van der Waals surface area contributed by atoms with E-state index < -0.39 is 34.8 Å². The van der Waals surface area contributed by atoms with E-state index in [9.17, 15) is 24.3 Å². The highest BCUT2D eigenvalue weighted by molar-refractivity contribution is 5.55. The lowest BCUT2D eigenvalue weighted by atomic mass is 9.89. The van der Waals surface area contributed by atoms with Gasteiger partial charge in [-0.1, -0.05) is 6.08 Å². The maximum absolute atomic E-state index is 13.1. The highest BCUT2D eigenvalue weighted by Gasteiger charge is 2.43. The second-order valence-corrected chi connectivity index (χ2v) is 7.99. The number of benzene rings is 1. The van der Waals surface area contributed by atoms with E-state index in [4.69, 9.17) is 9.47 Å². The predicted molar refractivity (Wildman–Crippen MR) is 114 cm³/mol. The molecule has 13 nitrogen and oxygen atoms in total. The van der Waals surface area contributed by atoms with E-state index in [-0.39, 0.29) is 30.3 Å². The van der Waals surface area contributed by atoms with Crippen LogP contribution in [0, 0.1) is 0 Å². The van der Waals surface area contributed by atoms with E-state index in [0.29, 0.717) is 11.1 Å². The molecule has 1 aromatic carbocycles. The number of ether oxygens (including phenoxy) is 2. The number of fused-ring (bicyclic) bond motifs is 4. The number of nitrogens with zero attached hydrogens (tertiary/aromatic N) is 6. The molecule has 2 aliphatic heterocycles. The summed E-state index contributed by atoms with van der Waals surface area (Å²) in [6, 6.07) is 1.15. The zero-order chi connectivity index (χ0) is 23.8. The molecule has 2 atom stereocenters. The number of methoxy groups -OCH3 is 2. The van der Waals surface area contributed by atoms with Crippen LogP contribution in [0.5, 0.6) is 17.2 Å². The number of hydrogen-bond donors (Lipinski definition) is 1. The molecule has 2 aliphatic rings. The quantitative estimate of drug-likeness (QED) is 0.473. The molecule has 4 heterocycles. The number of aromatic nitrogens is 6. The lowest BCUT2D eigenvalue weighted by Crippen LogP contribution is -2.47. The summed E-state index contributed by atoms with van der Waals surface area (Å²) in [5.41, 5.74) is -1.12. The van der Waals surface area contributed by atoms with E-state index in [1.807, 2.05) is 0 Å². The first kappa shape index (κ1) is 20.7. The number of phenols is 1. The number of hydrogen-bond acceptors (Lipinski definition) is 7. The Morgan fingerprint density at radius 1 is 0.848 bits per heavy atom. The van der Waals surface area contributed by atoms with Crippen LogP contribution in [0.4, 0.5) is 0 Å². The van der Waals surface area contributed by atoms with Crippen molar-refractivity contribution >= 4 is 0 Å². The Kier molecular flexibility index (Phi) is 4.35. The Morgan fingerprint density at radius 3 is 1.97 bits per heavy atom. The largest absolute Gasteiger partial charge is 0.508 e. The van der Waals surface area contributed by atoms with Gasteiger partial charge in [-0.2, -0.15) is 0 Å². The molecule has 3 aromatic rings. The van der Waals surface area contributed by atoms with Gasteiger partial charge in [-0.05, 0) is 5.57 Å². The van der Waals surface area contributed by atoms with Crippen LogP contribution in [-0.2, 0) is 27.2 Å². The number of allylic oxidation sites excluding steroid dienone is 2. The molecule has 5 rings (SSSR count). The van der Waals surface area contributed by atoms with Crippen LogP contribution in [-0.4, -0.2) is 47.2 Å². The summed E-state index contributed by atoms with van der Waals surface area (Å²) in [5.74, 6) is 0.358. The number of aromatic hydroxyl groups is 1. The lowest BCUT2D eigenvalue weighted by molar-refractivity contribution is 0.240. The minimum Gasteiger partial charge on any atom is -0.508 e. The minimum atomic E-state index is -0.897. The van der Waals surface area contributed by atoms with Gasteiger partial charge in [0.25, 0.3) is 0 Å². The van der Waals surface area contributed by atoms with Crippen molar-refractivity contribution in [1.29, 1.82) is 0 Å². The summed E-state index contributed by atoms with van der Waals surface area (Å²) in [4.78, 5) is 51.6. The van der Waals surface area contributed by atoms with Crippen LogP contribution >= 0.6 is 0 Å². The topological polar surface area (TPSA) is 137 Å². The summed E-state index contributed by atoms with van der Waals surface area (Å²) in [6.45, 7) is 0.0785. The summed E-state index contributed by atoms with van der Waals surface area (Å²) >= 11 is 0. The van der Waals surface area contributed by atoms with Crippen molar-refractivity contribution in [3.05, 3.63) is 71.3 Å². The molecule has 0 saturated carbocycles. The van der Waals surface area contributed by atoms with Gasteiger partial charge in [0.15, 0.2) is 0 Å². The summed E-state index contributed by atoms with van der Waals surface area (Å²) < 4.78 is 18.2. The van der Waals surface area contributed by atoms with E-state index in [1.54, 1.807) is 6.08 Å². The van der Waals surface area contributed by atoms with Crippen molar-refractivity contribution in [2.75, 3.05) is 14.2 Å². The summed E-state index contributed by atoms with van der Waals surface area (Å²) in [5, 5.41) is 10.1. The summed E-state index contributed by atoms with van der Waals surface area (Å²) in [7, 11) is 5.58. The molecule has 174 valence electrons. The first-order valence-corrected chi connectivity index (χ1v) is 10.1. The van der Waals surface area contributed by atoms with Crippen molar-refractivity contribution < 1.29 is 14.6 Å². The predicted octanol–water partition coefficient (Wildman–Crippen LogP) is -1.48. The van der Waals surface area contributed by atoms with Crippen LogP contribution < -0.4 is 32.2 Å². The van der Waals surface area contributed by atoms with Crippen molar-refractivity contribution in [2.45, 2.75) is 25.2 Å². The number of phenolic OH excluding ortho intramolecular Hbond substituents is 1. The van der Waals surface area contributed by atoms with Gasteiger partial charge in [-0.15, -0.1) is 0 Å². The normalized spacial score (nSPS) is 18.8. The molecule has 33 heavy (non-hydrogen) atoms. The molecule has 0 radical (unpaired) electrons. The second-order valence-electron chi connectivity index (χ2n) is 7.99. The molecule has 0 spiro atoms. The average molecular weight is 458 g/mol. The molecule has 0 bridgehead atoms. The fraction of sp³-hybridized carbons (Fsp3) is 0.400. The van der Waals surface area contributed by atoms with Crippen LogP contribution in [0.2, 0.25) is 0 Å². The zero-order valence-electron chi connectivity index (χ0n) is 18.4. The van der Waals surface area contributed by atoms with E-state index >= 15 is 0 Å². The molecule has 0 unspecified atom stereocenters. The Morgan fingerprint density at radius 2 is 1.39 bits per heavy atom. The van der Waals surface area contributed by atoms with Gasteiger partial charge < -0.3 is 14.6 Å². The minimum absolute atomic E-state index is 0.0245. The molecule has 1 N–H and O–H groups in total. The van der Waals surface area contributed by atoms with Gasteiger partial charge in [0.05, 0.1) is 38.9 Å². The SMILES string of the molecule is COc1cc(O)cc(OC)c1[C@H]1C2=CCn3c(=O)n(C)c(=O)n3[C@@H]2Cn2c(=O)n(C)c(=O)n21. The zero-order valence-corrected chi connectivity index (χ0v) is 18.4. The highest BCUT2D eigenvalue weighted by Crippen LogP contribution is 2.46. The van der Waals surface area contributed by atoms with Crippen molar-refractivity contribution in [3.63, 3.8) is 0 Å². The number of rotatable bonds is 3. The summed E-state index contributed by atoms with van der Waals surface area (Å²) in [6.07, 6.45) is 1.77. The van der Waals surface area contributed by atoms with Gasteiger partial charge in [0.2, 0.25) is 0 Å². The average Bonchev–Trinajstić information content (AvgIpc) is 3.17. The molecule has 2 aromatic heterocycles. The third-order valence-corrected chi connectivity index (χ3v) is 6.39. The first-order chi connectivity index (χ1) is 15.7. The van der Waals surface area contributed by atoms with Crippen molar-refractivity contribution in [2.24, 2.45) is 14.1 Å². The van der Waals surface area contributed by atoms with E-state index in [2.05, 4.69) is 0 Å². The smallest absolute Gasteiger partial charge is 0.347 e. The Labute approximate surface area is 185 Å². The van der Waals surface area contributed by atoms with Crippen LogP contribution in [0.3, 0.4) is 0 Å².